The quantitative estimate of drug-likeness (QED) is 0.585. The minimum Gasteiger partial charge on any atom is -0.482 e. The highest BCUT2D eigenvalue weighted by molar-refractivity contribution is 5.95. The molecule has 9 heteroatoms. The van der Waals surface area contributed by atoms with Crippen molar-refractivity contribution in [1.82, 2.24) is 9.36 Å². The van der Waals surface area contributed by atoms with Gasteiger partial charge in [-0.2, -0.15) is 0 Å². The molecule has 2 aromatic carbocycles. The average Bonchev–Trinajstić information content (AvgIpc) is 2.96. The fraction of sp³-hybridized carbons (Fsp3) is 0.227. The molecule has 1 unspecified atom stereocenters. The van der Waals surface area contributed by atoms with E-state index in [2.05, 4.69) is 5.32 Å². The molecule has 31 heavy (non-hydrogen) atoms. The maximum absolute atomic E-state index is 13.1. The Labute approximate surface area is 177 Å². The molecule has 0 aliphatic carbocycles. The fourth-order valence-electron chi connectivity index (χ4n) is 2.92. The molecule has 3 rings (SSSR count). The Morgan fingerprint density at radius 2 is 1.84 bits per heavy atom. The fourth-order valence-corrected chi connectivity index (χ4v) is 2.92. The molecule has 1 aromatic heterocycles. The van der Waals surface area contributed by atoms with Crippen LogP contribution < -0.4 is 15.6 Å². The van der Waals surface area contributed by atoms with E-state index in [-0.39, 0.29) is 11.4 Å². The number of esters is 1. The minimum absolute atomic E-state index is 0.0928. The van der Waals surface area contributed by atoms with Gasteiger partial charge in [0.15, 0.2) is 12.7 Å². The first kappa shape index (κ1) is 21.8. The normalized spacial score (nSPS) is 11.6. The third-order valence-corrected chi connectivity index (χ3v) is 4.63. The number of ether oxygens (including phenoxy) is 2. The number of carbonyl (C=O) groups is 2. The number of hydrogen-bond acceptors (Lipinski definition) is 5. The van der Waals surface area contributed by atoms with Gasteiger partial charge in [0.05, 0.1) is 11.4 Å². The lowest BCUT2D eigenvalue weighted by atomic mass is 10.3. The third-order valence-electron chi connectivity index (χ3n) is 4.63. The molecule has 0 aliphatic heterocycles. The number of nitrogens with one attached hydrogen (secondary N) is 1. The number of amides is 1. The summed E-state index contributed by atoms with van der Waals surface area (Å²) in [4.78, 5) is 37.3. The largest absolute Gasteiger partial charge is 0.482 e. The van der Waals surface area contributed by atoms with Crippen LogP contribution >= 0.6 is 0 Å². The van der Waals surface area contributed by atoms with Gasteiger partial charge in [0.1, 0.15) is 17.3 Å². The Kier molecular flexibility index (Phi) is 6.54. The molecule has 1 heterocycles. The van der Waals surface area contributed by atoms with E-state index in [1.165, 1.54) is 29.8 Å². The van der Waals surface area contributed by atoms with Gasteiger partial charge in [-0.25, -0.2) is 13.9 Å². The maximum Gasteiger partial charge on any atom is 0.344 e. The summed E-state index contributed by atoms with van der Waals surface area (Å²) in [6, 6.07) is 14.3. The zero-order valence-electron chi connectivity index (χ0n) is 17.3. The van der Waals surface area contributed by atoms with Crippen LogP contribution in [-0.2, 0) is 21.4 Å². The lowest BCUT2D eigenvalue weighted by Crippen LogP contribution is -2.33. The monoisotopic (exact) mass is 427 g/mol. The summed E-state index contributed by atoms with van der Waals surface area (Å²) in [6.45, 7) is 2.58. The van der Waals surface area contributed by atoms with E-state index >= 15 is 0 Å². The van der Waals surface area contributed by atoms with Crippen LogP contribution in [0.1, 0.15) is 12.6 Å². The first-order valence-corrected chi connectivity index (χ1v) is 9.50. The van der Waals surface area contributed by atoms with Crippen LogP contribution in [0.15, 0.2) is 59.4 Å². The third kappa shape index (κ3) is 5.00. The molecule has 0 saturated heterocycles. The average molecular weight is 427 g/mol. The first-order valence-electron chi connectivity index (χ1n) is 9.50. The van der Waals surface area contributed by atoms with Gasteiger partial charge in [-0.3, -0.25) is 14.3 Å². The van der Waals surface area contributed by atoms with Crippen LogP contribution in [0.3, 0.4) is 0 Å². The minimum atomic E-state index is -1.17. The predicted molar refractivity (Wildman–Crippen MR) is 112 cm³/mol. The molecule has 0 aliphatic rings. The van der Waals surface area contributed by atoms with Crippen molar-refractivity contribution in [3.05, 3.63) is 76.5 Å². The second kappa shape index (κ2) is 9.29. The Morgan fingerprint density at radius 3 is 2.52 bits per heavy atom. The van der Waals surface area contributed by atoms with Crippen molar-refractivity contribution < 1.29 is 23.5 Å². The summed E-state index contributed by atoms with van der Waals surface area (Å²) in [7, 11) is 1.70. The van der Waals surface area contributed by atoms with Crippen molar-refractivity contribution in [2.24, 2.45) is 7.05 Å². The number of halogens is 1. The van der Waals surface area contributed by atoms with Gasteiger partial charge < -0.3 is 14.8 Å². The Balaban J connectivity index is 1.64. The molecular formula is C22H22FN3O5. The maximum atomic E-state index is 13.1. The topological polar surface area (TPSA) is 91.6 Å². The number of benzene rings is 2. The standard InChI is InChI=1S/C22H22FN3O5/c1-14-20(22(29)26(25(14)3)17-9-5-4-6-10-17)24-21(28)15(2)31-19(27)13-30-18-11-7-8-16(23)12-18/h4-12,15H,13H2,1-3H3,(H,24,28). The molecule has 0 spiro atoms. The lowest BCUT2D eigenvalue weighted by molar-refractivity contribution is -0.155. The number of para-hydroxylation sites is 1. The van der Waals surface area contributed by atoms with Crippen molar-refractivity contribution in [3.8, 4) is 11.4 Å². The van der Waals surface area contributed by atoms with Crippen molar-refractivity contribution in [1.29, 1.82) is 0 Å². The molecule has 0 bridgehead atoms. The van der Waals surface area contributed by atoms with Gasteiger partial charge in [0.2, 0.25) is 0 Å². The first-order chi connectivity index (χ1) is 14.8. The summed E-state index contributed by atoms with van der Waals surface area (Å²) in [5.41, 5.74) is 0.866. The van der Waals surface area contributed by atoms with Gasteiger partial charge in [0.25, 0.3) is 11.5 Å². The second-order valence-electron chi connectivity index (χ2n) is 6.80. The molecule has 1 atom stereocenters. The van der Waals surface area contributed by atoms with E-state index in [9.17, 15) is 18.8 Å². The molecule has 0 fully saturated rings. The SMILES string of the molecule is Cc1c(NC(=O)C(C)OC(=O)COc2cccc(F)c2)c(=O)n(-c2ccccc2)n1C. The highest BCUT2D eigenvalue weighted by atomic mass is 19.1. The summed E-state index contributed by atoms with van der Waals surface area (Å²) in [6.07, 6.45) is -1.17. The smallest absolute Gasteiger partial charge is 0.344 e. The van der Waals surface area contributed by atoms with E-state index in [0.29, 0.717) is 11.4 Å². The summed E-state index contributed by atoms with van der Waals surface area (Å²) >= 11 is 0. The number of anilines is 1. The van der Waals surface area contributed by atoms with E-state index in [1.54, 1.807) is 42.9 Å². The molecule has 0 radical (unpaired) electrons. The highest BCUT2D eigenvalue weighted by Crippen LogP contribution is 2.15. The van der Waals surface area contributed by atoms with E-state index in [4.69, 9.17) is 9.47 Å². The molecule has 0 saturated carbocycles. The summed E-state index contributed by atoms with van der Waals surface area (Å²) in [5, 5.41) is 2.54. The van der Waals surface area contributed by atoms with Gasteiger partial charge in [-0.15, -0.1) is 0 Å². The van der Waals surface area contributed by atoms with Crippen molar-refractivity contribution in [3.63, 3.8) is 0 Å². The number of rotatable bonds is 7. The van der Waals surface area contributed by atoms with Crippen LogP contribution in [0.5, 0.6) is 5.75 Å². The highest BCUT2D eigenvalue weighted by Gasteiger charge is 2.23. The van der Waals surface area contributed by atoms with Gasteiger partial charge in [0, 0.05) is 13.1 Å². The Bertz CT molecular complexity index is 1150. The molecule has 162 valence electrons. The number of aromatic nitrogens is 2. The zero-order valence-corrected chi connectivity index (χ0v) is 17.3. The Hall–Kier alpha value is -3.88. The summed E-state index contributed by atoms with van der Waals surface area (Å²) in [5.74, 6) is -1.81. The van der Waals surface area contributed by atoms with Crippen LogP contribution in [0.2, 0.25) is 0 Å². The Morgan fingerprint density at radius 1 is 1.13 bits per heavy atom. The van der Waals surface area contributed by atoms with Crippen LogP contribution in [0, 0.1) is 12.7 Å². The summed E-state index contributed by atoms with van der Waals surface area (Å²) < 4.78 is 26.4. The van der Waals surface area contributed by atoms with Crippen molar-refractivity contribution >= 4 is 17.6 Å². The van der Waals surface area contributed by atoms with Crippen LogP contribution in [0.4, 0.5) is 10.1 Å². The number of hydrogen-bond donors (Lipinski definition) is 1. The number of carbonyl (C=O) groups excluding carboxylic acids is 2. The van der Waals surface area contributed by atoms with Crippen molar-refractivity contribution in [2.45, 2.75) is 20.0 Å². The van der Waals surface area contributed by atoms with Gasteiger partial charge >= 0.3 is 5.97 Å². The van der Waals surface area contributed by atoms with Gasteiger partial charge in [-0.1, -0.05) is 24.3 Å². The predicted octanol–water partition coefficient (Wildman–Crippen LogP) is 2.57. The molecule has 1 amide bonds. The van der Waals surface area contributed by atoms with E-state index in [1.807, 2.05) is 6.07 Å². The lowest BCUT2D eigenvalue weighted by Gasteiger charge is -2.13. The second-order valence-corrected chi connectivity index (χ2v) is 6.80. The zero-order chi connectivity index (χ0) is 22.5. The van der Waals surface area contributed by atoms with Crippen LogP contribution in [0.25, 0.3) is 5.69 Å². The van der Waals surface area contributed by atoms with Crippen LogP contribution in [-0.4, -0.2) is 34.0 Å². The van der Waals surface area contributed by atoms with Crippen molar-refractivity contribution in [2.75, 3.05) is 11.9 Å². The molecule has 8 nitrogen and oxygen atoms in total. The number of nitrogens with zero attached hydrogens (tertiary/aromatic N) is 2. The van der Waals surface area contributed by atoms with Gasteiger partial charge in [-0.05, 0) is 38.1 Å². The van der Waals surface area contributed by atoms with E-state index in [0.717, 1.165) is 6.07 Å². The van der Waals surface area contributed by atoms with E-state index < -0.39 is 36.0 Å². The molecular weight excluding hydrogens is 405 g/mol. The molecule has 3 aromatic rings. The molecule has 1 N–H and O–H groups in total.